The number of nitrogens with zero attached hydrogens (tertiary/aromatic N) is 2. The number of Topliss-reactive ketones (excluding diaryl/α,β-unsaturated/α-hetero) is 1. The van der Waals surface area contributed by atoms with E-state index < -0.39 is 0 Å². The number of ether oxygens (including phenoxy) is 5. The van der Waals surface area contributed by atoms with Gasteiger partial charge in [0.25, 0.3) is 0 Å². The average Bonchev–Trinajstić information content (AvgIpc) is 3.39. The van der Waals surface area contributed by atoms with E-state index in [1.54, 1.807) is 5.57 Å². The van der Waals surface area contributed by atoms with E-state index in [-0.39, 0.29) is 62.4 Å². The molecule has 5 fully saturated rings. The van der Waals surface area contributed by atoms with Crippen LogP contribution < -0.4 is 26.5 Å². The molecule has 0 N–H and O–H groups in total. The SMILES string of the molecule is CN(C)CCOc1cc[c-]cc1.CN(C)CCOc1ccc(Br)cc1.C[C@]12CC=C3C(CC[C@@]45CC6(CC[C@@]34O5)OCCO6)C1CCC2=O.[Br-].[Mg+2]. The minimum Gasteiger partial charge on any atom is -1.00 e. The number of likely N-dealkylation sites (N-methyl/N-ethyl adjacent to an activating group) is 2. The molecular formula is C40H54Br2MgN2O6. The molecule has 0 aromatic heterocycles. The molecule has 3 saturated carbocycles. The van der Waals surface area contributed by atoms with Gasteiger partial charge in [-0.1, -0.05) is 28.9 Å². The quantitative estimate of drug-likeness (QED) is 0.173. The van der Waals surface area contributed by atoms with E-state index in [9.17, 15) is 4.79 Å². The summed E-state index contributed by atoms with van der Waals surface area (Å²) in [5, 5.41) is 0. The summed E-state index contributed by atoms with van der Waals surface area (Å²) in [6.45, 7) is 7.00. The Kier molecular flexibility index (Phi) is 15.1. The largest absolute Gasteiger partial charge is 2.00 e. The van der Waals surface area contributed by atoms with Gasteiger partial charge in [0, 0.05) is 48.0 Å². The molecule has 2 saturated heterocycles. The van der Waals surface area contributed by atoms with Crippen molar-refractivity contribution in [3.63, 3.8) is 0 Å². The van der Waals surface area contributed by atoms with Crippen LogP contribution in [0.3, 0.4) is 0 Å². The van der Waals surface area contributed by atoms with E-state index in [1.165, 1.54) is 0 Å². The van der Waals surface area contributed by atoms with Crippen LogP contribution in [-0.4, -0.2) is 123 Å². The second-order valence-electron chi connectivity index (χ2n) is 15.2. The fourth-order valence-electron chi connectivity index (χ4n) is 8.81. The Morgan fingerprint density at radius 2 is 1.49 bits per heavy atom. The molecule has 0 amide bonds. The van der Waals surface area contributed by atoms with E-state index >= 15 is 0 Å². The average molecular weight is 843 g/mol. The smallest absolute Gasteiger partial charge is 1.00 e. The van der Waals surface area contributed by atoms with Crippen molar-refractivity contribution in [2.24, 2.45) is 17.3 Å². The van der Waals surface area contributed by atoms with Gasteiger partial charge in [-0.3, -0.25) is 4.79 Å². The number of ketones is 1. The van der Waals surface area contributed by atoms with Gasteiger partial charge in [0.2, 0.25) is 0 Å². The van der Waals surface area contributed by atoms with Gasteiger partial charge in [0.1, 0.15) is 29.3 Å². The Balaban J connectivity index is 0.000000186. The molecule has 2 aromatic carbocycles. The second kappa shape index (κ2) is 18.1. The first-order valence-electron chi connectivity index (χ1n) is 18.0. The molecule has 6 aliphatic rings. The predicted octanol–water partition coefficient (Wildman–Crippen LogP) is 3.59. The number of carbonyl (C=O) groups is 1. The van der Waals surface area contributed by atoms with Gasteiger partial charge in [0.05, 0.1) is 19.8 Å². The van der Waals surface area contributed by atoms with Crippen LogP contribution in [0.4, 0.5) is 0 Å². The van der Waals surface area contributed by atoms with Crippen LogP contribution in [0.25, 0.3) is 0 Å². The Bertz CT molecular complexity index is 1460. The number of hydrogen-bond acceptors (Lipinski definition) is 8. The van der Waals surface area contributed by atoms with Gasteiger partial charge in [0.15, 0.2) is 5.79 Å². The van der Waals surface area contributed by atoms with Crippen LogP contribution in [0.5, 0.6) is 11.5 Å². The fraction of sp³-hybridized carbons (Fsp3) is 0.625. The molecule has 276 valence electrons. The first-order chi connectivity index (χ1) is 23.5. The molecule has 51 heavy (non-hydrogen) atoms. The Morgan fingerprint density at radius 3 is 2.10 bits per heavy atom. The number of hydrogen-bond donors (Lipinski definition) is 0. The number of carbonyl (C=O) groups excluding carboxylic acids is 1. The van der Waals surface area contributed by atoms with Gasteiger partial charge < -0.3 is 50.5 Å². The Morgan fingerprint density at radius 1 is 0.882 bits per heavy atom. The van der Waals surface area contributed by atoms with E-state index in [0.29, 0.717) is 17.6 Å². The van der Waals surface area contributed by atoms with Crippen LogP contribution in [0, 0.1) is 23.3 Å². The summed E-state index contributed by atoms with van der Waals surface area (Å²) in [6, 6.07) is 18.3. The third-order valence-corrected chi connectivity index (χ3v) is 12.0. The van der Waals surface area contributed by atoms with Crippen LogP contribution in [0.15, 0.2) is 64.7 Å². The zero-order chi connectivity index (χ0) is 34.7. The molecule has 11 heteroatoms. The molecule has 4 aliphatic carbocycles. The van der Waals surface area contributed by atoms with E-state index in [0.717, 1.165) is 107 Å². The van der Waals surface area contributed by atoms with Crippen LogP contribution in [0.2, 0.25) is 0 Å². The van der Waals surface area contributed by atoms with Crippen molar-refractivity contribution >= 4 is 44.8 Å². The monoisotopic (exact) mass is 840 g/mol. The minimum absolute atomic E-state index is 0. The van der Waals surface area contributed by atoms with E-state index in [4.69, 9.17) is 23.7 Å². The number of fused-ring (bicyclic) bond motifs is 3. The van der Waals surface area contributed by atoms with Crippen molar-refractivity contribution in [1.82, 2.24) is 9.80 Å². The molecule has 5 atom stereocenters. The summed E-state index contributed by atoms with van der Waals surface area (Å²) in [5.74, 6) is 3.05. The van der Waals surface area contributed by atoms with Crippen molar-refractivity contribution < 1.29 is 45.5 Å². The molecule has 0 radical (unpaired) electrons. The first kappa shape index (κ1) is 42.7. The summed E-state index contributed by atoms with van der Waals surface area (Å²) in [7, 11) is 8.13. The summed E-state index contributed by atoms with van der Waals surface area (Å²) in [4.78, 5) is 16.6. The molecular weight excluding hydrogens is 789 g/mol. The zero-order valence-corrected chi connectivity index (χ0v) is 35.6. The Hall–Kier alpha value is -1.02. The van der Waals surface area contributed by atoms with Gasteiger partial charge >= 0.3 is 23.1 Å². The summed E-state index contributed by atoms with van der Waals surface area (Å²) < 4.78 is 30.6. The molecule has 2 unspecified atom stereocenters. The van der Waals surface area contributed by atoms with Crippen molar-refractivity contribution in [3.8, 4) is 11.5 Å². The predicted molar refractivity (Wildman–Crippen MR) is 200 cm³/mol. The van der Waals surface area contributed by atoms with Crippen molar-refractivity contribution in [2.45, 2.75) is 75.3 Å². The van der Waals surface area contributed by atoms with Gasteiger partial charge in [-0.05, 0) is 102 Å². The van der Waals surface area contributed by atoms with Gasteiger partial charge in [-0.2, -0.15) is 18.2 Å². The molecule has 1 spiro atoms. The number of allylic oxidation sites excluding steroid dienone is 1. The minimum atomic E-state index is -0.375. The Labute approximate surface area is 340 Å². The molecule has 8 nitrogen and oxygen atoms in total. The third-order valence-electron chi connectivity index (χ3n) is 11.5. The number of epoxide rings is 1. The molecule has 2 aromatic rings. The van der Waals surface area contributed by atoms with Crippen molar-refractivity contribution in [2.75, 3.05) is 67.7 Å². The summed E-state index contributed by atoms with van der Waals surface area (Å²) in [6.07, 6.45) is 10.3. The maximum Gasteiger partial charge on any atom is 2.00 e. The van der Waals surface area contributed by atoms with E-state index in [1.807, 2.05) is 76.7 Å². The van der Waals surface area contributed by atoms with Crippen LogP contribution in [-0.2, 0) is 19.0 Å². The summed E-state index contributed by atoms with van der Waals surface area (Å²) in [5.41, 5.74) is 1.34. The maximum atomic E-state index is 12.5. The van der Waals surface area contributed by atoms with Crippen LogP contribution in [0.1, 0.15) is 58.3 Å². The molecule has 2 heterocycles. The molecule has 0 bridgehead atoms. The third kappa shape index (κ3) is 9.44. The van der Waals surface area contributed by atoms with Crippen molar-refractivity contribution in [1.29, 1.82) is 0 Å². The second-order valence-corrected chi connectivity index (χ2v) is 16.1. The van der Waals surface area contributed by atoms with E-state index in [2.05, 4.69) is 44.8 Å². The van der Waals surface area contributed by atoms with Gasteiger partial charge in [-0.15, -0.1) is 12.1 Å². The molecule has 2 aliphatic heterocycles. The standard InChI is InChI=1S/C20H26O4.C10H14BrNO.C10H14NO.BrH.Mg/c1-17-6-5-15-13(14(17)2-3-16(17)21)4-7-18-12-19(22-10-11-23-19)8-9-20(15,18)24-18;1-12(2)7-8-13-10-5-3-9(11)4-6-10;1-11(2)8-9-12-10-6-4-3-5-7-10;;/h5,13-14H,2-4,6-12H2,1H3;3-6H,7-8H2,1-2H3;4-7H,8-9H2,1-2H3;1H;/q;;-1;;+2/p-1/t13?,14?,17-,18+,20+;;;;/m0..../s1. The van der Waals surface area contributed by atoms with Gasteiger partial charge in [-0.25, -0.2) is 0 Å². The van der Waals surface area contributed by atoms with Crippen molar-refractivity contribution in [3.05, 3.63) is 70.7 Å². The maximum absolute atomic E-state index is 12.5. The van der Waals surface area contributed by atoms with Crippen LogP contribution >= 0.6 is 15.9 Å². The number of rotatable bonds is 8. The fourth-order valence-corrected chi connectivity index (χ4v) is 9.07. The first-order valence-corrected chi connectivity index (χ1v) is 18.8. The topological polar surface area (TPSA) is 73.0 Å². The normalized spacial score (nSPS) is 30.4. The molecule has 8 rings (SSSR count). The zero-order valence-electron chi connectivity index (χ0n) is 31.1. The summed E-state index contributed by atoms with van der Waals surface area (Å²) >= 11 is 3.37. The number of benzene rings is 2. The number of halogens is 2.